The Morgan fingerprint density at radius 3 is 2.23 bits per heavy atom. The molecule has 0 amide bonds. The quantitative estimate of drug-likeness (QED) is 0.411. The molecule has 2 aliphatic carbocycles. The first-order valence-corrected chi connectivity index (χ1v) is 11.6. The van der Waals surface area contributed by atoms with Gasteiger partial charge < -0.3 is 0 Å². The molecule has 1 fully saturated rings. The third-order valence-electron chi connectivity index (χ3n) is 7.00. The van der Waals surface area contributed by atoms with Gasteiger partial charge in [-0.2, -0.15) is 0 Å². The van der Waals surface area contributed by atoms with Crippen molar-refractivity contribution in [2.75, 3.05) is 0 Å². The maximum atomic E-state index is 2.55. The van der Waals surface area contributed by atoms with Gasteiger partial charge in [0.05, 0.1) is 0 Å². The molecule has 0 saturated heterocycles. The first kappa shape index (κ1) is 19.7. The number of allylic oxidation sites excluding steroid dienone is 2. The second kappa shape index (κ2) is 10.3. The van der Waals surface area contributed by atoms with Crippen LogP contribution in [0.4, 0.5) is 0 Å². The molecule has 144 valence electrons. The summed E-state index contributed by atoms with van der Waals surface area (Å²) in [6.45, 7) is 4.71. The zero-order valence-electron chi connectivity index (χ0n) is 17.3. The molecule has 26 heavy (non-hydrogen) atoms. The molecule has 1 aromatic carbocycles. The van der Waals surface area contributed by atoms with Gasteiger partial charge in [-0.3, -0.25) is 0 Å². The van der Waals surface area contributed by atoms with E-state index in [9.17, 15) is 0 Å². The van der Waals surface area contributed by atoms with Gasteiger partial charge in [-0.25, -0.2) is 0 Å². The Balaban J connectivity index is 1.46. The summed E-state index contributed by atoms with van der Waals surface area (Å²) in [6.07, 6.45) is 20.7. The van der Waals surface area contributed by atoms with Crippen LogP contribution in [-0.4, -0.2) is 0 Å². The highest BCUT2D eigenvalue weighted by atomic mass is 14.3. The average molecular weight is 353 g/mol. The van der Waals surface area contributed by atoms with E-state index in [1.165, 1.54) is 89.0 Å². The SMILES string of the molecule is CCCCCCCC1CC=C(c2ccc([C@H]3CC[C@H](C)CC3)cc2)CC1. The third kappa shape index (κ3) is 5.73. The van der Waals surface area contributed by atoms with Gasteiger partial charge in [0.15, 0.2) is 0 Å². The minimum atomic E-state index is 0.817. The molecule has 0 heterocycles. The number of unbranched alkanes of at least 4 members (excludes halogenated alkanes) is 4. The van der Waals surface area contributed by atoms with Crippen molar-refractivity contribution in [3.8, 4) is 0 Å². The van der Waals surface area contributed by atoms with Crippen molar-refractivity contribution in [1.82, 2.24) is 0 Å². The number of benzene rings is 1. The van der Waals surface area contributed by atoms with Gasteiger partial charge in [0, 0.05) is 0 Å². The molecule has 1 saturated carbocycles. The van der Waals surface area contributed by atoms with Gasteiger partial charge in [0.2, 0.25) is 0 Å². The summed E-state index contributed by atoms with van der Waals surface area (Å²) < 4.78 is 0. The first-order valence-electron chi connectivity index (χ1n) is 11.6. The highest BCUT2D eigenvalue weighted by Gasteiger charge is 2.20. The number of hydrogen-bond donors (Lipinski definition) is 0. The van der Waals surface area contributed by atoms with Crippen LogP contribution in [-0.2, 0) is 0 Å². The van der Waals surface area contributed by atoms with Crippen LogP contribution in [0.3, 0.4) is 0 Å². The van der Waals surface area contributed by atoms with Crippen molar-refractivity contribution in [1.29, 1.82) is 0 Å². The molecule has 0 aliphatic heterocycles. The summed E-state index contributed by atoms with van der Waals surface area (Å²) in [5.74, 6) is 2.71. The van der Waals surface area contributed by atoms with Crippen molar-refractivity contribution < 1.29 is 0 Å². The summed E-state index contributed by atoms with van der Waals surface area (Å²) in [5, 5.41) is 0. The fourth-order valence-electron chi connectivity index (χ4n) is 5.01. The van der Waals surface area contributed by atoms with Crippen molar-refractivity contribution in [2.45, 2.75) is 103 Å². The summed E-state index contributed by atoms with van der Waals surface area (Å²) >= 11 is 0. The van der Waals surface area contributed by atoms with E-state index in [4.69, 9.17) is 0 Å². The lowest BCUT2D eigenvalue weighted by molar-refractivity contribution is 0.348. The molecule has 0 N–H and O–H groups in total. The fraction of sp³-hybridized carbons (Fsp3) is 0.692. The zero-order valence-corrected chi connectivity index (χ0v) is 17.3. The highest BCUT2D eigenvalue weighted by Crippen LogP contribution is 2.37. The fourth-order valence-corrected chi connectivity index (χ4v) is 5.01. The van der Waals surface area contributed by atoms with Crippen LogP contribution >= 0.6 is 0 Å². The van der Waals surface area contributed by atoms with Gasteiger partial charge in [-0.15, -0.1) is 0 Å². The van der Waals surface area contributed by atoms with Gasteiger partial charge in [0.1, 0.15) is 0 Å². The van der Waals surface area contributed by atoms with Crippen LogP contribution in [0.1, 0.15) is 114 Å². The molecule has 3 rings (SSSR count). The average Bonchev–Trinajstić information content (AvgIpc) is 2.69. The lowest BCUT2D eigenvalue weighted by Crippen LogP contribution is -2.10. The van der Waals surface area contributed by atoms with E-state index in [0.29, 0.717) is 0 Å². The minimum absolute atomic E-state index is 0.817. The Kier molecular flexibility index (Phi) is 7.84. The van der Waals surface area contributed by atoms with Gasteiger partial charge >= 0.3 is 0 Å². The largest absolute Gasteiger partial charge is 0.0804 e. The minimum Gasteiger partial charge on any atom is -0.0804 e. The molecule has 1 atom stereocenters. The molecular formula is C26H40. The second-order valence-electron chi connectivity index (χ2n) is 9.15. The molecule has 0 nitrogen and oxygen atoms in total. The highest BCUT2D eigenvalue weighted by molar-refractivity contribution is 5.66. The molecule has 1 aromatic rings. The summed E-state index contributed by atoms with van der Waals surface area (Å²) in [6, 6.07) is 9.67. The number of rotatable bonds is 8. The summed E-state index contributed by atoms with van der Waals surface area (Å²) in [7, 11) is 0. The van der Waals surface area contributed by atoms with Crippen molar-refractivity contribution in [3.63, 3.8) is 0 Å². The van der Waals surface area contributed by atoms with E-state index >= 15 is 0 Å². The Morgan fingerprint density at radius 1 is 0.846 bits per heavy atom. The van der Waals surface area contributed by atoms with E-state index in [2.05, 4.69) is 44.2 Å². The Bertz CT molecular complexity index is 542. The third-order valence-corrected chi connectivity index (χ3v) is 7.00. The van der Waals surface area contributed by atoms with Crippen LogP contribution in [0, 0.1) is 11.8 Å². The van der Waals surface area contributed by atoms with Crippen molar-refractivity contribution in [3.05, 3.63) is 41.5 Å². The van der Waals surface area contributed by atoms with Gasteiger partial charge in [-0.1, -0.05) is 95.6 Å². The van der Waals surface area contributed by atoms with Crippen LogP contribution in [0.25, 0.3) is 5.57 Å². The van der Waals surface area contributed by atoms with E-state index in [-0.39, 0.29) is 0 Å². The predicted molar refractivity (Wildman–Crippen MR) is 116 cm³/mol. The first-order chi connectivity index (χ1) is 12.8. The Morgan fingerprint density at radius 2 is 1.58 bits per heavy atom. The monoisotopic (exact) mass is 352 g/mol. The summed E-state index contributed by atoms with van der Waals surface area (Å²) in [4.78, 5) is 0. The maximum Gasteiger partial charge on any atom is -0.0162 e. The molecule has 0 bridgehead atoms. The maximum absolute atomic E-state index is 2.55. The number of hydrogen-bond acceptors (Lipinski definition) is 0. The van der Waals surface area contributed by atoms with Gasteiger partial charge in [0.25, 0.3) is 0 Å². The standard InChI is InChI=1S/C26H40/c1-3-4-5-6-7-8-22-11-15-24(16-12-22)26-19-17-25(18-20-26)23-13-9-21(2)10-14-23/h15,17-23H,3-14,16H2,1-2H3/t21-,22?,23-. The van der Waals surface area contributed by atoms with Crippen LogP contribution in [0.5, 0.6) is 0 Å². The Hall–Kier alpha value is -1.04. The van der Waals surface area contributed by atoms with E-state index in [1.54, 1.807) is 11.1 Å². The Labute approximate surface area is 162 Å². The van der Waals surface area contributed by atoms with E-state index in [1.807, 2.05) is 0 Å². The zero-order chi connectivity index (χ0) is 18.2. The topological polar surface area (TPSA) is 0 Å². The molecule has 0 heteroatoms. The summed E-state index contributed by atoms with van der Waals surface area (Å²) in [5.41, 5.74) is 4.68. The normalized spacial score (nSPS) is 26.5. The molecule has 2 aliphatic rings. The van der Waals surface area contributed by atoms with Crippen molar-refractivity contribution >= 4 is 5.57 Å². The lowest BCUT2D eigenvalue weighted by Gasteiger charge is -2.27. The van der Waals surface area contributed by atoms with Crippen LogP contribution < -0.4 is 0 Å². The van der Waals surface area contributed by atoms with E-state index in [0.717, 1.165) is 17.8 Å². The predicted octanol–water partition coefficient (Wildman–Crippen LogP) is 8.52. The molecule has 0 radical (unpaired) electrons. The molecule has 1 unspecified atom stereocenters. The van der Waals surface area contributed by atoms with Crippen LogP contribution in [0.2, 0.25) is 0 Å². The van der Waals surface area contributed by atoms with Gasteiger partial charge in [-0.05, 0) is 66.6 Å². The molecular weight excluding hydrogens is 312 g/mol. The molecule has 0 aromatic heterocycles. The van der Waals surface area contributed by atoms with E-state index < -0.39 is 0 Å². The van der Waals surface area contributed by atoms with Crippen molar-refractivity contribution in [2.24, 2.45) is 11.8 Å². The smallest absolute Gasteiger partial charge is 0.0162 e. The lowest BCUT2D eigenvalue weighted by atomic mass is 9.79. The van der Waals surface area contributed by atoms with Crippen LogP contribution in [0.15, 0.2) is 30.3 Å². The molecule has 0 spiro atoms. The second-order valence-corrected chi connectivity index (χ2v) is 9.15.